The SMILES string of the molecule is CCn1cnc2ccc(-c3noc(-c4ccc(OC)cc4)n3)cc21. The first-order chi connectivity index (χ1) is 11.8. The third-order valence-electron chi connectivity index (χ3n) is 3.98. The van der Waals surface area contributed by atoms with E-state index in [1.807, 2.05) is 48.8 Å². The van der Waals surface area contributed by atoms with Gasteiger partial charge in [-0.15, -0.1) is 0 Å². The number of hydrogen-bond acceptors (Lipinski definition) is 5. The molecule has 4 rings (SSSR count). The van der Waals surface area contributed by atoms with Gasteiger partial charge in [0.2, 0.25) is 5.82 Å². The van der Waals surface area contributed by atoms with Gasteiger partial charge in [-0.2, -0.15) is 4.98 Å². The van der Waals surface area contributed by atoms with Crippen LogP contribution in [0.3, 0.4) is 0 Å². The van der Waals surface area contributed by atoms with Crippen LogP contribution in [-0.2, 0) is 6.54 Å². The molecule has 0 aliphatic carbocycles. The summed E-state index contributed by atoms with van der Waals surface area (Å²) in [4.78, 5) is 8.88. The van der Waals surface area contributed by atoms with E-state index in [0.29, 0.717) is 11.7 Å². The quantitative estimate of drug-likeness (QED) is 0.572. The number of fused-ring (bicyclic) bond motifs is 1. The summed E-state index contributed by atoms with van der Waals surface area (Å²) in [5.41, 5.74) is 3.78. The average molecular weight is 320 g/mol. The summed E-state index contributed by atoms with van der Waals surface area (Å²) in [7, 11) is 1.64. The molecule has 2 aromatic carbocycles. The van der Waals surface area contributed by atoms with Crippen molar-refractivity contribution in [3.8, 4) is 28.6 Å². The van der Waals surface area contributed by atoms with Crippen LogP contribution in [0.2, 0.25) is 0 Å². The lowest BCUT2D eigenvalue weighted by atomic mass is 10.2. The molecule has 0 spiro atoms. The Morgan fingerprint density at radius 3 is 2.62 bits per heavy atom. The molecule has 6 heteroatoms. The number of imidazole rings is 1. The number of hydrogen-bond donors (Lipinski definition) is 0. The minimum absolute atomic E-state index is 0.483. The fourth-order valence-electron chi connectivity index (χ4n) is 2.64. The van der Waals surface area contributed by atoms with Gasteiger partial charge in [-0.25, -0.2) is 4.98 Å². The molecule has 6 nitrogen and oxygen atoms in total. The van der Waals surface area contributed by atoms with Gasteiger partial charge in [-0.3, -0.25) is 0 Å². The third-order valence-corrected chi connectivity index (χ3v) is 3.98. The second kappa shape index (κ2) is 5.81. The van der Waals surface area contributed by atoms with E-state index >= 15 is 0 Å². The molecule has 0 unspecified atom stereocenters. The van der Waals surface area contributed by atoms with Crippen LogP contribution in [-0.4, -0.2) is 26.8 Å². The maximum Gasteiger partial charge on any atom is 0.258 e. The molecule has 0 radical (unpaired) electrons. The molecule has 120 valence electrons. The van der Waals surface area contributed by atoms with E-state index in [9.17, 15) is 0 Å². The summed E-state index contributed by atoms with van der Waals surface area (Å²) in [5, 5.41) is 4.11. The predicted molar refractivity (Wildman–Crippen MR) is 90.7 cm³/mol. The Kier molecular flexibility index (Phi) is 3.49. The van der Waals surface area contributed by atoms with Crippen molar-refractivity contribution in [3.05, 3.63) is 48.8 Å². The van der Waals surface area contributed by atoms with Crippen molar-refractivity contribution in [1.82, 2.24) is 19.7 Å². The number of aromatic nitrogens is 4. The number of rotatable bonds is 4. The van der Waals surface area contributed by atoms with Crippen LogP contribution in [0.4, 0.5) is 0 Å². The van der Waals surface area contributed by atoms with Crippen LogP contribution < -0.4 is 4.74 Å². The average Bonchev–Trinajstić information content (AvgIpc) is 3.28. The van der Waals surface area contributed by atoms with E-state index in [0.717, 1.165) is 34.5 Å². The molecular weight excluding hydrogens is 304 g/mol. The van der Waals surface area contributed by atoms with E-state index < -0.39 is 0 Å². The van der Waals surface area contributed by atoms with Gasteiger partial charge in [-0.1, -0.05) is 5.16 Å². The Morgan fingerprint density at radius 2 is 1.88 bits per heavy atom. The summed E-state index contributed by atoms with van der Waals surface area (Å²) in [5.74, 6) is 1.83. The summed E-state index contributed by atoms with van der Waals surface area (Å²) >= 11 is 0. The van der Waals surface area contributed by atoms with Gasteiger partial charge >= 0.3 is 0 Å². The van der Waals surface area contributed by atoms with Crippen molar-refractivity contribution in [3.63, 3.8) is 0 Å². The predicted octanol–water partition coefficient (Wildman–Crippen LogP) is 3.78. The van der Waals surface area contributed by atoms with Gasteiger partial charge in [0.05, 0.1) is 24.5 Å². The molecule has 0 atom stereocenters. The standard InChI is InChI=1S/C18H16N4O2/c1-3-22-11-19-15-9-6-13(10-16(15)22)17-20-18(24-21-17)12-4-7-14(23-2)8-5-12/h4-11H,3H2,1-2H3. The zero-order valence-corrected chi connectivity index (χ0v) is 13.4. The highest BCUT2D eigenvalue weighted by molar-refractivity contribution is 5.80. The molecule has 0 amide bonds. The van der Waals surface area contributed by atoms with Crippen molar-refractivity contribution in [2.24, 2.45) is 0 Å². The van der Waals surface area contributed by atoms with Crippen molar-refractivity contribution in [2.75, 3.05) is 7.11 Å². The van der Waals surface area contributed by atoms with Gasteiger partial charge in [0.15, 0.2) is 0 Å². The van der Waals surface area contributed by atoms with E-state index in [-0.39, 0.29) is 0 Å². The van der Waals surface area contributed by atoms with E-state index in [2.05, 4.69) is 26.6 Å². The fraction of sp³-hybridized carbons (Fsp3) is 0.167. The van der Waals surface area contributed by atoms with E-state index in [1.54, 1.807) is 7.11 Å². The maximum atomic E-state index is 5.40. The smallest absolute Gasteiger partial charge is 0.258 e. The number of benzene rings is 2. The zero-order valence-electron chi connectivity index (χ0n) is 13.4. The minimum Gasteiger partial charge on any atom is -0.497 e. The molecule has 4 aromatic rings. The highest BCUT2D eigenvalue weighted by Gasteiger charge is 2.12. The van der Waals surface area contributed by atoms with Crippen molar-refractivity contribution < 1.29 is 9.26 Å². The molecule has 0 N–H and O–H groups in total. The topological polar surface area (TPSA) is 66.0 Å². The fourth-order valence-corrected chi connectivity index (χ4v) is 2.64. The zero-order chi connectivity index (χ0) is 16.5. The monoisotopic (exact) mass is 320 g/mol. The lowest BCUT2D eigenvalue weighted by Gasteiger charge is -2.00. The first-order valence-electron chi connectivity index (χ1n) is 7.72. The Balaban J connectivity index is 1.71. The van der Waals surface area contributed by atoms with Crippen molar-refractivity contribution in [2.45, 2.75) is 13.5 Å². The number of nitrogens with zero attached hydrogens (tertiary/aromatic N) is 4. The minimum atomic E-state index is 0.483. The van der Waals surface area contributed by atoms with Gasteiger partial charge in [-0.05, 0) is 49.4 Å². The van der Waals surface area contributed by atoms with Gasteiger partial charge in [0, 0.05) is 17.7 Å². The second-order valence-electron chi connectivity index (χ2n) is 5.39. The molecule has 0 fully saturated rings. The van der Waals surface area contributed by atoms with Gasteiger partial charge < -0.3 is 13.8 Å². The Labute approximate surface area is 138 Å². The van der Waals surface area contributed by atoms with Crippen LogP contribution in [0.1, 0.15) is 6.92 Å². The molecule has 0 aliphatic rings. The molecule has 0 saturated heterocycles. The number of methoxy groups -OCH3 is 1. The van der Waals surface area contributed by atoms with Gasteiger partial charge in [0.25, 0.3) is 5.89 Å². The molecule has 2 heterocycles. The number of aryl methyl sites for hydroxylation is 1. The third kappa shape index (κ3) is 2.42. The summed E-state index contributed by atoms with van der Waals surface area (Å²) < 4.78 is 12.7. The van der Waals surface area contributed by atoms with E-state index in [1.165, 1.54) is 0 Å². The molecule has 0 bridgehead atoms. The lowest BCUT2D eigenvalue weighted by Crippen LogP contribution is -1.91. The Bertz CT molecular complexity index is 986. The first kappa shape index (κ1) is 14.4. The Hall–Kier alpha value is -3.15. The first-order valence-corrected chi connectivity index (χ1v) is 7.72. The second-order valence-corrected chi connectivity index (χ2v) is 5.39. The molecule has 0 saturated carbocycles. The largest absolute Gasteiger partial charge is 0.497 e. The number of ether oxygens (including phenoxy) is 1. The van der Waals surface area contributed by atoms with Crippen molar-refractivity contribution >= 4 is 11.0 Å². The van der Waals surface area contributed by atoms with Crippen molar-refractivity contribution in [1.29, 1.82) is 0 Å². The van der Waals surface area contributed by atoms with Crippen LogP contribution in [0, 0.1) is 0 Å². The summed E-state index contributed by atoms with van der Waals surface area (Å²) in [6.45, 7) is 2.95. The van der Waals surface area contributed by atoms with Crippen LogP contribution in [0.15, 0.2) is 53.3 Å². The van der Waals surface area contributed by atoms with Crippen LogP contribution >= 0.6 is 0 Å². The highest BCUT2D eigenvalue weighted by Crippen LogP contribution is 2.26. The molecule has 2 aromatic heterocycles. The maximum absolute atomic E-state index is 5.40. The summed E-state index contributed by atoms with van der Waals surface area (Å²) in [6.07, 6.45) is 1.84. The molecular formula is C18H16N4O2. The summed E-state index contributed by atoms with van der Waals surface area (Å²) in [6, 6.07) is 13.5. The lowest BCUT2D eigenvalue weighted by molar-refractivity contribution is 0.414. The van der Waals surface area contributed by atoms with Crippen LogP contribution in [0.5, 0.6) is 5.75 Å². The van der Waals surface area contributed by atoms with Crippen LogP contribution in [0.25, 0.3) is 33.9 Å². The highest BCUT2D eigenvalue weighted by atomic mass is 16.5. The van der Waals surface area contributed by atoms with E-state index in [4.69, 9.17) is 9.26 Å². The molecule has 0 aliphatic heterocycles. The molecule has 24 heavy (non-hydrogen) atoms. The normalized spacial score (nSPS) is 11.1. The van der Waals surface area contributed by atoms with Gasteiger partial charge in [0.1, 0.15) is 5.75 Å². The Morgan fingerprint density at radius 1 is 1.08 bits per heavy atom.